The molecule has 0 atom stereocenters. The Morgan fingerprint density at radius 3 is 2.58 bits per heavy atom. The Balaban J connectivity index is 2.72. The van der Waals surface area contributed by atoms with Crippen LogP contribution in [0.3, 0.4) is 0 Å². The summed E-state index contributed by atoms with van der Waals surface area (Å²) in [5, 5.41) is 1.14. The van der Waals surface area contributed by atoms with Gasteiger partial charge in [-0.25, -0.2) is 0 Å². The second-order valence-electron chi connectivity index (χ2n) is 4.12. The van der Waals surface area contributed by atoms with Crippen LogP contribution in [-0.4, -0.2) is 4.57 Å². The Bertz CT molecular complexity index is 665. The summed E-state index contributed by atoms with van der Waals surface area (Å²) >= 11 is 12.2. The highest BCUT2D eigenvalue weighted by atomic mass is 35.5. The molecular weight excluding hydrogens is 283 g/mol. The lowest BCUT2D eigenvalue weighted by Crippen LogP contribution is -2.25. The summed E-state index contributed by atoms with van der Waals surface area (Å²) in [6.45, 7) is 2.68. The third-order valence-electron chi connectivity index (χ3n) is 2.99. The Morgan fingerprint density at radius 1 is 1.21 bits per heavy atom. The largest absolute Gasteiger partial charge is 0.326 e. The van der Waals surface area contributed by atoms with E-state index in [0.717, 1.165) is 11.3 Å². The van der Waals surface area contributed by atoms with Crippen molar-refractivity contribution in [3.63, 3.8) is 0 Å². The highest BCUT2D eigenvalue weighted by Crippen LogP contribution is 2.30. The molecule has 3 nitrogen and oxygen atoms in total. The minimum Gasteiger partial charge on any atom is -0.326 e. The van der Waals surface area contributed by atoms with Gasteiger partial charge in [-0.15, -0.1) is 0 Å². The lowest BCUT2D eigenvalue weighted by molar-refractivity contribution is 0.723. The van der Waals surface area contributed by atoms with E-state index in [1.54, 1.807) is 28.8 Å². The van der Waals surface area contributed by atoms with Crippen molar-refractivity contribution in [2.24, 2.45) is 5.73 Å². The van der Waals surface area contributed by atoms with Crippen LogP contribution in [0.15, 0.2) is 35.1 Å². The molecule has 100 valence electrons. The first kappa shape index (κ1) is 14.1. The molecule has 0 bridgehead atoms. The molecule has 0 saturated heterocycles. The minimum atomic E-state index is -0.0847. The van der Waals surface area contributed by atoms with E-state index in [1.165, 1.54) is 0 Å². The van der Waals surface area contributed by atoms with E-state index in [4.69, 9.17) is 28.9 Å². The van der Waals surface area contributed by atoms with Crippen molar-refractivity contribution >= 4 is 23.2 Å². The molecule has 1 aromatic carbocycles. The van der Waals surface area contributed by atoms with Crippen LogP contribution in [0, 0.1) is 0 Å². The summed E-state index contributed by atoms with van der Waals surface area (Å²) in [5.41, 5.74) is 7.55. The van der Waals surface area contributed by atoms with E-state index in [2.05, 4.69) is 0 Å². The number of hydrogen-bond donors (Lipinski definition) is 1. The zero-order chi connectivity index (χ0) is 14.0. The van der Waals surface area contributed by atoms with Crippen molar-refractivity contribution < 1.29 is 0 Å². The van der Waals surface area contributed by atoms with Gasteiger partial charge in [-0.2, -0.15) is 0 Å². The standard InChI is InChI=1S/C14H14Cl2N2O/c1-2-18-13(6-3-9(8-17)14(18)19)11-7-10(15)4-5-12(11)16/h3-7H,2,8,17H2,1H3. The van der Waals surface area contributed by atoms with Gasteiger partial charge < -0.3 is 10.3 Å². The highest BCUT2D eigenvalue weighted by molar-refractivity contribution is 6.35. The summed E-state index contributed by atoms with van der Waals surface area (Å²) in [6, 6.07) is 8.79. The molecule has 1 aromatic heterocycles. The lowest BCUT2D eigenvalue weighted by atomic mass is 10.1. The van der Waals surface area contributed by atoms with Gasteiger partial charge in [0.15, 0.2) is 0 Å². The van der Waals surface area contributed by atoms with Crippen LogP contribution in [-0.2, 0) is 13.1 Å². The number of benzene rings is 1. The fourth-order valence-corrected chi connectivity index (χ4v) is 2.41. The van der Waals surface area contributed by atoms with E-state index in [-0.39, 0.29) is 12.1 Å². The number of rotatable bonds is 3. The topological polar surface area (TPSA) is 48.0 Å². The number of hydrogen-bond acceptors (Lipinski definition) is 2. The average molecular weight is 297 g/mol. The molecule has 0 aliphatic carbocycles. The normalized spacial score (nSPS) is 10.7. The number of halogens is 2. The second kappa shape index (κ2) is 5.78. The van der Waals surface area contributed by atoms with Gasteiger partial charge in [0.25, 0.3) is 5.56 Å². The summed E-state index contributed by atoms with van der Waals surface area (Å²) in [7, 11) is 0. The van der Waals surface area contributed by atoms with E-state index < -0.39 is 0 Å². The van der Waals surface area contributed by atoms with Gasteiger partial charge in [-0.3, -0.25) is 4.79 Å². The van der Waals surface area contributed by atoms with Crippen LogP contribution in [0.2, 0.25) is 10.0 Å². The van der Waals surface area contributed by atoms with Gasteiger partial charge in [0.1, 0.15) is 0 Å². The molecule has 2 aromatic rings. The lowest BCUT2D eigenvalue weighted by Gasteiger charge is -2.14. The van der Waals surface area contributed by atoms with Crippen molar-refractivity contribution in [2.45, 2.75) is 20.0 Å². The SMILES string of the molecule is CCn1c(-c2cc(Cl)ccc2Cl)ccc(CN)c1=O. The maximum Gasteiger partial charge on any atom is 0.255 e. The maximum atomic E-state index is 12.2. The summed E-state index contributed by atoms with van der Waals surface area (Å²) in [4.78, 5) is 12.2. The Kier molecular flexibility index (Phi) is 4.30. The first-order chi connectivity index (χ1) is 9.08. The first-order valence-electron chi connectivity index (χ1n) is 5.96. The summed E-state index contributed by atoms with van der Waals surface area (Å²) in [5.74, 6) is 0. The van der Waals surface area contributed by atoms with E-state index >= 15 is 0 Å². The van der Waals surface area contributed by atoms with Crippen LogP contribution in [0.4, 0.5) is 0 Å². The van der Waals surface area contributed by atoms with Gasteiger partial charge >= 0.3 is 0 Å². The van der Waals surface area contributed by atoms with Crippen molar-refractivity contribution in [3.8, 4) is 11.3 Å². The zero-order valence-corrected chi connectivity index (χ0v) is 12.0. The quantitative estimate of drug-likeness (QED) is 0.945. The molecule has 0 amide bonds. The summed E-state index contributed by atoms with van der Waals surface area (Å²) < 4.78 is 1.65. The van der Waals surface area contributed by atoms with Gasteiger partial charge in [-0.05, 0) is 31.2 Å². The van der Waals surface area contributed by atoms with Crippen LogP contribution >= 0.6 is 23.2 Å². The number of aromatic nitrogens is 1. The third-order valence-corrected chi connectivity index (χ3v) is 3.56. The maximum absolute atomic E-state index is 12.2. The Labute approximate surface area is 121 Å². The smallest absolute Gasteiger partial charge is 0.255 e. The third kappa shape index (κ3) is 2.68. The molecule has 0 saturated carbocycles. The van der Waals surface area contributed by atoms with Crippen LogP contribution in [0.25, 0.3) is 11.3 Å². The molecule has 0 unspecified atom stereocenters. The van der Waals surface area contributed by atoms with Gasteiger partial charge in [-0.1, -0.05) is 29.3 Å². The minimum absolute atomic E-state index is 0.0847. The fraction of sp³-hybridized carbons (Fsp3) is 0.214. The number of nitrogens with two attached hydrogens (primary N) is 1. The predicted molar refractivity (Wildman–Crippen MR) is 79.7 cm³/mol. The number of nitrogens with zero attached hydrogens (tertiary/aromatic N) is 1. The zero-order valence-electron chi connectivity index (χ0n) is 10.5. The van der Waals surface area contributed by atoms with Gasteiger partial charge in [0.2, 0.25) is 0 Å². The fourth-order valence-electron chi connectivity index (χ4n) is 2.02. The number of pyridine rings is 1. The van der Waals surface area contributed by atoms with Crippen LogP contribution in [0.1, 0.15) is 12.5 Å². The monoisotopic (exact) mass is 296 g/mol. The van der Waals surface area contributed by atoms with Crippen LogP contribution in [0.5, 0.6) is 0 Å². The molecule has 0 aliphatic rings. The predicted octanol–water partition coefficient (Wildman–Crippen LogP) is 3.30. The van der Waals surface area contributed by atoms with Gasteiger partial charge in [0, 0.05) is 34.3 Å². The molecule has 0 aliphatic heterocycles. The average Bonchev–Trinajstić information content (AvgIpc) is 2.41. The van der Waals surface area contributed by atoms with E-state index in [0.29, 0.717) is 22.2 Å². The van der Waals surface area contributed by atoms with Crippen molar-refractivity contribution in [1.82, 2.24) is 4.57 Å². The molecule has 0 spiro atoms. The van der Waals surface area contributed by atoms with E-state index in [1.807, 2.05) is 13.0 Å². The van der Waals surface area contributed by atoms with Crippen LogP contribution < -0.4 is 11.3 Å². The van der Waals surface area contributed by atoms with Crippen molar-refractivity contribution in [3.05, 3.63) is 56.3 Å². The van der Waals surface area contributed by atoms with Crippen molar-refractivity contribution in [1.29, 1.82) is 0 Å². The Hall–Kier alpha value is -1.29. The van der Waals surface area contributed by atoms with Gasteiger partial charge in [0.05, 0.1) is 5.69 Å². The molecule has 0 radical (unpaired) electrons. The molecular formula is C14H14Cl2N2O. The van der Waals surface area contributed by atoms with E-state index in [9.17, 15) is 4.79 Å². The molecule has 19 heavy (non-hydrogen) atoms. The molecule has 1 heterocycles. The summed E-state index contributed by atoms with van der Waals surface area (Å²) in [6.07, 6.45) is 0. The Morgan fingerprint density at radius 2 is 1.95 bits per heavy atom. The molecule has 0 fully saturated rings. The first-order valence-corrected chi connectivity index (χ1v) is 6.72. The highest BCUT2D eigenvalue weighted by Gasteiger charge is 2.11. The van der Waals surface area contributed by atoms with Crippen molar-refractivity contribution in [2.75, 3.05) is 0 Å². The molecule has 2 N–H and O–H groups in total. The second-order valence-corrected chi connectivity index (χ2v) is 4.97. The molecule has 2 rings (SSSR count). The molecule has 5 heteroatoms.